The summed E-state index contributed by atoms with van der Waals surface area (Å²) in [7, 11) is 1.31. The molecule has 10 nitrogen and oxygen atoms in total. The van der Waals surface area contributed by atoms with Crippen molar-refractivity contribution in [3.8, 4) is 0 Å². The lowest BCUT2D eigenvalue weighted by molar-refractivity contribution is -0.353. The Morgan fingerprint density at radius 3 is 2.09 bits per heavy atom. The minimum atomic E-state index is -1.58. The zero-order valence-electron chi connectivity index (χ0n) is 12.8. The summed E-state index contributed by atoms with van der Waals surface area (Å²) in [4.78, 5) is 0. The summed E-state index contributed by atoms with van der Waals surface area (Å²) in [5.74, 6) is 0. The van der Waals surface area contributed by atoms with Gasteiger partial charge >= 0.3 is 0 Å². The zero-order valence-corrected chi connectivity index (χ0v) is 12.8. The van der Waals surface area contributed by atoms with E-state index in [4.69, 9.17) is 24.1 Å². The highest BCUT2D eigenvalue weighted by molar-refractivity contribution is 4.93. The Balaban J connectivity index is 2.12. The van der Waals surface area contributed by atoms with Crippen LogP contribution < -0.4 is 0 Å². The largest absolute Gasteiger partial charge is 0.394 e. The molecule has 6 N–H and O–H groups in total. The van der Waals surface area contributed by atoms with Gasteiger partial charge in [0, 0.05) is 7.11 Å². The van der Waals surface area contributed by atoms with Gasteiger partial charge in [0.25, 0.3) is 0 Å². The van der Waals surface area contributed by atoms with Crippen molar-refractivity contribution in [2.24, 2.45) is 0 Å². The molecule has 0 spiro atoms. The van der Waals surface area contributed by atoms with Gasteiger partial charge in [0.15, 0.2) is 12.6 Å². The first-order chi connectivity index (χ1) is 10.8. The van der Waals surface area contributed by atoms with Crippen molar-refractivity contribution < 1.29 is 49.6 Å². The molecule has 0 aromatic carbocycles. The first-order valence-electron chi connectivity index (χ1n) is 7.32. The molecule has 2 aliphatic heterocycles. The van der Waals surface area contributed by atoms with Crippen LogP contribution in [0.5, 0.6) is 0 Å². The van der Waals surface area contributed by atoms with E-state index < -0.39 is 68.0 Å². The van der Waals surface area contributed by atoms with E-state index in [1.54, 1.807) is 6.92 Å². The maximum Gasteiger partial charge on any atom is 0.187 e. The number of aliphatic hydroxyl groups excluding tert-OH is 6. The van der Waals surface area contributed by atoms with E-state index >= 15 is 0 Å². The monoisotopic (exact) mass is 340 g/mol. The van der Waals surface area contributed by atoms with Gasteiger partial charge in [-0.05, 0) is 6.92 Å². The van der Waals surface area contributed by atoms with Gasteiger partial charge in [-0.1, -0.05) is 0 Å². The fourth-order valence-corrected chi connectivity index (χ4v) is 2.80. The predicted molar refractivity (Wildman–Crippen MR) is 72.0 cm³/mol. The molecule has 0 radical (unpaired) electrons. The van der Waals surface area contributed by atoms with E-state index in [9.17, 15) is 25.5 Å². The molecule has 0 aromatic heterocycles. The molecule has 2 rings (SSSR count). The van der Waals surface area contributed by atoms with Crippen LogP contribution in [0.1, 0.15) is 6.92 Å². The topological polar surface area (TPSA) is 158 Å². The summed E-state index contributed by atoms with van der Waals surface area (Å²) in [6, 6.07) is 0. The molecule has 2 aliphatic rings. The molecule has 136 valence electrons. The SMILES string of the molecule is CO[C@@H]1[C@@H](O)[C@H](O)O[C@H](C)[C@@H]1O[C@@H]1O[C@H](CO)[C@@H](O)[C@H](O)[C@H]1O. The Labute approximate surface area is 132 Å². The van der Waals surface area contributed by atoms with Crippen LogP contribution in [0.4, 0.5) is 0 Å². The average Bonchev–Trinajstić information content (AvgIpc) is 2.53. The van der Waals surface area contributed by atoms with Crippen LogP contribution in [-0.4, -0.2) is 106 Å². The van der Waals surface area contributed by atoms with E-state index in [0.717, 1.165) is 0 Å². The number of aliphatic hydroxyl groups is 6. The summed E-state index contributed by atoms with van der Waals surface area (Å²) in [5.41, 5.74) is 0. The van der Waals surface area contributed by atoms with Crippen molar-refractivity contribution in [3.05, 3.63) is 0 Å². The summed E-state index contributed by atoms with van der Waals surface area (Å²) in [6.45, 7) is 0.979. The maximum absolute atomic E-state index is 9.98. The minimum absolute atomic E-state index is 0.587. The predicted octanol–water partition coefficient (Wildman–Crippen LogP) is -3.72. The fourth-order valence-electron chi connectivity index (χ4n) is 2.80. The Morgan fingerprint density at radius 2 is 1.52 bits per heavy atom. The lowest BCUT2D eigenvalue weighted by Crippen LogP contribution is -2.63. The highest BCUT2D eigenvalue weighted by atomic mass is 16.7. The second-order valence-electron chi connectivity index (χ2n) is 5.72. The Bertz CT molecular complexity index is 380. The van der Waals surface area contributed by atoms with E-state index in [2.05, 4.69) is 0 Å². The van der Waals surface area contributed by atoms with Gasteiger partial charge in [0.1, 0.15) is 42.7 Å². The smallest absolute Gasteiger partial charge is 0.187 e. The Kier molecular flexibility index (Phi) is 6.30. The first-order valence-corrected chi connectivity index (χ1v) is 7.32. The van der Waals surface area contributed by atoms with Crippen molar-refractivity contribution >= 4 is 0 Å². The number of hydrogen-bond acceptors (Lipinski definition) is 10. The van der Waals surface area contributed by atoms with Gasteiger partial charge in [0.05, 0.1) is 12.7 Å². The second-order valence-corrected chi connectivity index (χ2v) is 5.72. The van der Waals surface area contributed by atoms with Crippen molar-refractivity contribution in [2.75, 3.05) is 13.7 Å². The third-order valence-electron chi connectivity index (χ3n) is 4.18. The number of hydrogen-bond donors (Lipinski definition) is 6. The molecule has 0 aromatic rings. The van der Waals surface area contributed by atoms with Crippen LogP contribution in [0.3, 0.4) is 0 Å². The molecule has 0 bridgehead atoms. The lowest BCUT2D eigenvalue weighted by atomic mass is 9.97. The van der Waals surface area contributed by atoms with Crippen LogP contribution in [-0.2, 0) is 18.9 Å². The zero-order chi connectivity index (χ0) is 17.3. The number of methoxy groups -OCH3 is 1. The molecule has 10 atom stereocenters. The Morgan fingerprint density at radius 1 is 0.870 bits per heavy atom. The van der Waals surface area contributed by atoms with Gasteiger partial charge in [-0.25, -0.2) is 0 Å². The molecule has 2 saturated heterocycles. The van der Waals surface area contributed by atoms with Gasteiger partial charge in [-0.3, -0.25) is 0 Å². The van der Waals surface area contributed by atoms with Crippen molar-refractivity contribution in [3.63, 3.8) is 0 Å². The van der Waals surface area contributed by atoms with Crippen LogP contribution in [0.2, 0.25) is 0 Å². The Hall–Kier alpha value is -0.400. The van der Waals surface area contributed by atoms with Crippen molar-refractivity contribution in [1.29, 1.82) is 0 Å². The summed E-state index contributed by atoms with van der Waals surface area (Å²) < 4.78 is 21.0. The first kappa shape index (κ1) is 18.9. The van der Waals surface area contributed by atoms with Crippen LogP contribution in [0.15, 0.2) is 0 Å². The quantitative estimate of drug-likeness (QED) is 0.300. The standard InChI is InChI=1S/C13H24O10/c1-4-10(11(20-2)9(18)12(19)21-4)23-13-8(17)7(16)6(15)5(3-14)22-13/h4-19H,3H2,1-2H3/t4-,5-,6-,7+,8-,9-,10+,11-,12-,13+/m1/s1. The summed E-state index contributed by atoms with van der Waals surface area (Å²) in [5, 5.41) is 58.1. The third kappa shape index (κ3) is 3.66. The van der Waals surface area contributed by atoms with Crippen molar-refractivity contribution in [1.82, 2.24) is 0 Å². The van der Waals surface area contributed by atoms with Gasteiger partial charge in [0.2, 0.25) is 0 Å². The van der Waals surface area contributed by atoms with Crippen LogP contribution in [0, 0.1) is 0 Å². The highest BCUT2D eigenvalue weighted by Crippen LogP contribution is 2.29. The minimum Gasteiger partial charge on any atom is -0.394 e. The number of rotatable bonds is 4. The molecular weight excluding hydrogens is 316 g/mol. The molecule has 2 heterocycles. The molecule has 23 heavy (non-hydrogen) atoms. The molecule has 2 fully saturated rings. The van der Waals surface area contributed by atoms with E-state index in [0.29, 0.717) is 0 Å². The molecule has 0 saturated carbocycles. The van der Waals surface area contributed by atoms with E-state index in [-0.39, 0.29) is 0 Å². The fraction of sp³-hybridized carbons (Fsp3) is 1.00. The lowest BCUT2D eigenvalue weighted by Gasteiger charge is -2.45. The van der Waals surface area contributed by atoms with E-state index in [1.165, 1.54) is 7.11 Å². The van der Waals surface area contributed by atoms with E-state index in [1.807, 2.05) is 0 Å². The average molecular weight is 340 g/mol. The van der Waals surface area contributed by atoms with Crippen LogP contribution in [0.25, 0.3) is 0 Å². The third-order valence-corrected chi connectivity index (χ3v) is 4.18. The molecule has 0 amide bonds. The molecular formula is C13H24O10. The molecule has 0 unspecified atom stereocenters. The molecule has 10 heteroatoms. The second kappa shape index (κ2) is 7.66. The number of ether oxygens (including phenoxy) is 4. The van der Waals surface area contributed by atoms with Gasteiger partial charge in [-0.15, -0.1) is 0 Å². The van der Waals surface area contributed by atoms with Gasteiger partial charge < -0.3 is 49.6 Å². The highest BCUT2D eigenvalue weighted by Gasteiger charge is 2.49. The normalized spacial score (nSPS) is 51.7. The maximum atomic E-state index is 9.98. The van der Waals surface area contributed by atoms with Crippen molar-refractivity contribution in [2.45, 2.75) is 68.3 Å². The summed E-state index contributed by atoms with van der Waals surface area (Å²) in [6.07, 6.45) is -12.6. The van der Waals surface area contributed by atoms with Crippen LogP contribution >= 0.6 is 0 Å². The molecule has 0 aliphatic carbocycles. The summed E-state index contributed by atoms with van der Waals surface area (Å²) >= 11 is 0. The van der Waals surface area contributed by atoms with Gasteiger partial charge in [-0.2, -0.15) is 0 Å².